The smallest absolute Gasteiger partial charge is 0.272 e. The van der Waals surface area contributed by atoms with Gasteiger partial charge in [0.15, 0.2) is 0 Å². The largest absolute Gasteiger partial charge is 0.344 e. The molecule has 0 radical (unpaired) electrons. The molecule has 51 heavy (non-hydrogen) atoms. The zero-order chi connectivity index (χ0) is 34.6. The molecule has 10 nitrogen and oxygen atoms in total. The topological polar surface area (TPSA) is 113 Å². The molecule has 4 aliphatic rings. The van der Waals surface area contributed by atoms with Crippen LogP contribution in [0, 0.1) is 0 Å². The molecule has 4 aromatic carbocycles. The molecule has 3 heterocycles. The number of carbonyl (C=O) groups is 2. The molecule has 1 aliphatic carbocycles. The molecule has 2 amide bonds. The van der Waals surface area contributed by atoms with Crippen LogP contribution in [0.3, 0.4) is 0 Å². The number of hydrogen-bond donors (Lipinski definition) is 6. The SMILES string of the molecule is O=C(NC(Cc1ccccc1)c1ccccc1)C1=C2SC3=C(C(=O)NC(Cc4ccccc4)c4ccccc4)NNN3C3CCCCC3N2NN1. The van der Waals surface area contributed by atoms with E-state index in [0.717, 1.165) is 58.0 Å². The van der Waals surface area contributed by atoms with Crippen LogP contribution in [0.15, 0.2) is 143 Å². The summed E-state index contributed by atoms with van der Waals surface area (Å²) in [4.78, 5) is 28.6. The fraction of sp³-hybridized carbons (Fsp3) is 0.250. The number of nitrogens with one attached hydrogen (secondary N) is 6. The summed E-state index contributed by atoms with van der Waals surface area (Å²) >= 11 is 1.43. The first-order chi connectivity index (χ1) is 25.1. The van der Waals surface area contributed by atoms with E-state index in [1.165, 1.54) is 11.8 Å². The maximum Gasteiger partial charge on any atom is 0.272 e. The van der Waals surface area contributed by atoms with E-state index >= 15 is 0 Å². The van der Waals surface area contributed by atoms with Gasteiger partial charge >= 0.3 is 0 Å². The van der Waals surface area contributed by atoms with E-state index in [0.29, 0.717) is 24.2 Å². The number of fused-ring (bicyclic) bond motifs is 5. The fourth-order valence-electron chi connectivity index (χ4n) is 7.48. The molecule has 4 unspecified atom stereocenters. The van der Waals surface area contributed by atoms with Crippen LogP contribution in [-0.4, -0.2) is 33.9 Å². The van der Waals surface area contributed by atoms with Crippen LogP contribution < -0.4 is 32.6 Å². The van der Waals surface area contributed by atoms with Gasteiger partial charge in [0.05, 0.1) is 24.2 Å². The summed E-state index contributed by atoms with van der Waals surface area (Å²) in [5.41, 5.74) is 18.3. The Morgan fingerprint density at radius 1 is 0.588 bits per heavy atom. The predicted molar refractivity (Wildman–Crippen MR) is 199 cm³/mol. The number of carbonyl (C=O) groups excluding carboxylic acids is 2. The average Bonchev–Trinajstić information content (AvgIpc) is 3.77. The molecule has 260 valence electrons. The first kappa shape index (κ1) is 32.9. The number of hydrogen-bond acceptors (Lipinski definition) is 9. The Morgan fingerprint density at radius 3 is 1.35 bits per heavy atom. The number of amides is 2. The standard InChI is InChI=1S/C40H42N8O2S/c49-37(41-31(29-19-9-3-10-20-29)25-27-15-5-1-6-16-27)35-39-47(45-43-35)33-23-13-14-24-34(33)48-40(51-39)36(44-46-48)38(50)42-32(30-21-11-4-12-22-30)26-28-17-7-2-8-18-28/h1-12,15-22,31-34,43-46H,13-14,23-26H2,(H,41,49)(H,42,50). The minimum absolute atomic E-state index is 0.0673. The molecule has 3 aliphatic heterocycles. The van der Waals surface area contributed by atoms with Gasteiger partial charge in [0, 0.05) is 0 Å². The quantitative estimate of drug-likeness (QED) is 0.133. The third kappa shape index (κ3) is 7.05. The Bertz CT molecular complexity index is 1770. The van der Waals surface area contributed by atoms with Gasteiger partial charge in [-0.15, -0.1) is 11.1 Å². The van der Waals surface area contributed by atoms with Crippen LogP contribution in [0.1, 0.15) is 60.0 Å². The second-order valence-electron chi connectivity index (χ2n) is 13.3. The summed E-state index contributed by atoms with van der Waals surface area (Å²) in [6.45, 7) is 0. The van der Waals surface area contributed by atoms with Gasteiger partial charge in [-0.3, -0.25) is 30.5 Å². The minimum Gasteiger partial charge on any atom is -0.344 e. The van der Waals surface area contributed by atoms with Crippen LogP contribution >= 0.6 is 11.8 Å². The maximum absolute atomic E-state index is 14.3. The highest BCUT2D eigenvalue weighted by Crippen LogP contribution is 2.45. The third-order valence-electron chi connectivity index (χ3n) is 10.1. The third-order valence-corrected chi connectivity index (χ3v) is 11.2. The molecule has 8 rings (SSSR count). The van der Waals surface area contributed by atoms with E-state index in [1.54, 1.807) is 0 Å². The number of rotatable bonds is 10. The van der Waals surface area contributed by atoms with Crippen molar-refractivity contribution in [2.24, 2.45) is 0 Å². The molecule has 1 saturated carbocycles. The Kier molecular flexibility index (Phi) is 9.65. The van der Waals surface area contributed by atoms with Crippen molar-refractivity contribution < 1.29 is 9.59 Å². The highest BCUT2D eigenvalue weighted by molar-refractivity contribution is 8.06. The van der Waals surface area contributed by atoms with Gasteiger partial charge in [-0.1, -0.05) is 134 Å². The van der Waals surface area contributed by atoms with Crippen LogP contribution in [-0.2, 0) is 22.4 Å². The molecular formula is C40H42N8O2S. The molecule has 1 saturated heterocycles. The summed E-state index contributed by atoms with van der Waals surface area (Å²) in [7, 11) is 0. The van der Waals surface area contributed by atoms with E-state index in [1.807, 2.05) is 72.8 Å². The summed E-state index contributed by atoms with van der Waals surface area (Å²) < 4.78 is 0. The first-order valence-electron chi connectivity index (χ1n) is 17.7. The predicted octanol–water partition coefficient (Wildman–Crippen LogP) is 5.23. The number of benzene rings is 4. The van der Waals surface area contributed by atoms with Gasteiger partial charge in [-0.2, -0.15) is 0 Å². The molecule has 4 atom stereocenters. The van der Waals surface area contributed by atoms with Crippen molar-refractivity contribution in [3.63, 3.8) is 0 Å². The van der Waals surface area contributed by atoms with E-state index in [4.69, 9.17) is 0 Å². The number of nitrogens with zero attached hydrogens (tertiary/aromatic N) is 2. The van der Waals surface area contributed by atoms with Crippen LogP contribution in [0.2, 0.25) is 0 Å². The Morgan fingerprint density at radius 2 is 0.961 bits per heavy atom. The van der Waals surface area contributed by atoms with Crippen molar-refractivity contribution in [3.05, 3.63) is 165 Å². The van der Waals surface area contributed by atoms with Gasteiger partial charge < -0.3 is 10.6 Å². The van der Waals surface area contributed by atoms with Crippen molar-refractivity contribution in [2.75, 3.05) is 0 Å². The average molecular weight is 699 g/mol. The van der Waals surface area contributed by atoms with Gasteiger partial charge in [-0.05, 0) is 59.7 Å². The van der Waals surface area contributed by atoms with E-state index < -0.39 is 0 Å². The van der Waals surface area contributed by atoms with Crippen molar-refractivity contribution in [2.45, 2.75) is 62.7 Å². The van der Waals surface area contributed by atoms with Crippen LogP contribution in [0.5, 0.6) is 0 Å². The lowest BCUT2D eigenvalue weighted by Gasteiger charge is -2.40. The monoisotopic (exact) mass is 698 g/mol. The molecule has 6 N–H and O–H groups in total. The number of hydrazine groups is 4. The minimum atomic E-state index is -0.241. The van der Waals surface area contributed by atoms with Gasteiger partial charge in [0.2, 0.25) is 0 Å². The summed E-state index contributed by atoms with van der Waals surface area (Å²) in [6.07, 6.45) is 5.35. The van der Waals surface area contributed by atoms with Crippen LogP contribution in [0.25, 0.3) is 0 Å². The molecule has 11 heteroatoms. The van der Waals surface area contributed by atoms with Crippen molar-refractivity contribution >= 4 is 23.6 Å². The second-order valence-corrected chi connectivity index (χ2v) is 14.3. The molecule has 0 bridgehead atoms. The van der Waals surface area contributed by atoms with Crippen molar-refractivity contribution in [1.29, 1.82) is 0 Å². The normalized spacial score (nSPS) is 20.6. The van der Waals surface area contributed by atoms with Gasteiger partial charge in [-0.25, -0.2) is 0 Å². The zero-order valence-corrected chi connectivity index (χ0v) is 29.0. The second kappa shape index (κ2) is 14.9. The molecular weight excluding hydrogens is 657 g/mol. The molecule has 2 fully saturated rings. The molecule has 4 aromatic rings. The van der Waals surface area contributed by atoms with Crippen molar-refractivity contribution in [1.82, 2.24) is 42.6 Å². The summed E-state index contributed by atoms with van der Waals surface area (Å²) in [5.74, 6) is -0.425. The van der Waals surface area contributed by atoms with Crippen molar-refractivity contribution in [3.8, 4) is 0 Å². The first-order valence-corrected chi connectivity index (χ1v) is 18.5. The highest BCUT2D eigenvalue weighted by Gasteiger charge is 2.47. The molecule has 0 spiro atoms. The Hall–Kier alpha value is -5.23. The zero-order valence-electron chi connectivity index (χ0n) is 28.2. The van der Waals surface area contributed by atoms with E-state index in [-0.39, 0.29) is 36.0 Å². The van der Waals surface area contributed by atoms with Gasteiger partial charge in [0.1, 0.15) is 21.5 Å². The number of thioether (sulfide) groups is 1. The fourth-order valence-corrected chi connectivity index (χ4v) is 8.71. The van der Waals surface area contributed by atoms with E-state index in [2.05, 4.69) is 91.1 Å². The Balaban J connectivity index is 1.11. The summed E-state index contributed by atoms with van der Waals surface area (Å²) in [6, 6.07) is 40.2. The Labute approximate surface area is 302 Å². The maximum atomic E-state index is 14.3. The van der Waals surface area contributed by atoms with Crippen LogP contribution in [0.4, 0.5) is 0 Å². The van der Waals surface area contributed by atoms with E-state index in [9.17, 15) is 9.59 Å². The lowest BCUT2D eigenvalue weighted by atomic mass is 9.89. The highest BCUT2D eigenvalue weighted by atomic mass is 32.2. The summed E-state index contributed by atoms with van der Waals surface area (Å²) in [5, 5.41) is 12.3. The lowest BCUT2D eigenvalue weighted by Crippen LogP contribution is -2.57. The van der Waals surface area contributed by atoms with Gasteiger partial charge in [0.25, 0.3) is 11.8 Å². The molecule has 0 aromatic heterocycles. The lowest BCUT2D eigenvalue weighted by molar-refractivity contribution is -0.119.